The van der Waals surface area contributed by atoms with Crippen LogP contribution < -0.4 is 5.73 Å². The van der Waals surface area contributed by atoms with Crippen molar-refractivity contribution in [2.45, 2.75) is 6.54 Å². The van der Waals surface area contributed by atoms with Crippen LogP contribution in [0.2, 0.25) is 0 Å². The van der Waals surface area contributed by atoms with E-state index in [2.05, 4.69) is 21.6 Å². The van der Waals surface area contributed by atoms with Crippen molar-refractivity contribution in [1.29, 1.82) is 5.26 Å². The highest BCUT2D eigenvalue weighted by Gasteiger charge is 2.05. The third-order valence-electron chi connectivity index (χ3n) is 2.02. The molecule has 2 rings (SSSR count). The van der Waals surface area contributed by atoms with Gasteiger partial charge in [0.25, 0.3) is 0 Å². The normalized spacial score (nSPS) is 9.80. The maximum atomic E-state index is 8.87. The monoisotopic (exact) mass is 200 g/mol. The number of aromatic nitrogens is 4. The summed E-state index contributed by atoms with van der Waals surface area (Å²) in [6.07, 6.45) is 0. The van der Waals surface area contributed by atoms with E-state index in [9.17, 15) is 0 Å². The Morgan fingerprint density at radius 1 is 1.40 bits per heavy atom. The third kappa shape index (κ3) is 1.76. The highest BCUT2D eigenvalue weighted by atomic mass is 15.6. The summed E-state index contributed by atoms with van der Waals surface area (Å²) in [6.45, 7) is 0.405. The Balaban J connectivity index is 2.33. The van der Waals surface area contributed by atoms with Gasteiger partial charge < -0.3 is 5.73 Å². The molecule has 2 aromatic rings. The molecule has 0 atom stereocenters. The summed E-state index contributed by atoms with van der Waals surface area (Å²) in [7, 11) is 0. The fourth-order valence-electron chi connectivity index (χ4n) is 1.25. The van der Waals surface area contributed by atoms with Crippen molar-refractivity contribution in [1.82, 2.24) is 20.2 Å². The lowest BCUT2D eigenvalue weighted by atomic mass is 10.1. The molecule has 0 aliphatic rings. The summed E-state index contributed by atoms with van der Waals surface area (Å²) in [5.74, 6) is 0.239. The van der Waals surface area contributed by atoms with Crippen molar-refractivity contribution in [3.05, 3.63) is 35.4 Å². The number of rotatable bonds is 2. The highest BCUT2D eigenvalue weighted by molar-refractivity contribution is 5.37. The van der Waals surface area contributed by atoms with Gasteiger partial charge in [-0.1, -0.05) is 23.3 Å². The first-order valence-corrected chi connectivity index (χ1v) is 4.31. The lowest BCUT2D eigenvalue weighted by molar-refractivity contribution is 0.654. The molecule has 74 valence electrons. The van der Waals surface area contributed by atoms with E-state index >= 15 is 0 Å². The molecule has 1 aromatic carbocycles. The van der Waals surface area contributed by atoms with Gasteiger partial charge in [0.1, 0.15) is 0 Å². The molecule has 0 saturated heterocycles. The second-order valence-corrected chi connectivity index (χ2v) is 2.96. The Bertz CT molecular complexity index is 509. The van der Waals surface area contributed by atoms with Gasteiger partial charge in [0.05, 0.1) is 18.2 Å². The molecule has 6 heteroatoms. The number of nitrogen functional groups attached to an aromatic ring is 1. The van der Waals surface area contributed by atoms with Gasteiger partial charge >= 0.3 is 0 Å². The van der Waals surface area contributed by atoms with E-state index in [1.54, 1.807) is 6.07 Å². The highest BCUT2D eigenvalue weighted by Crippen LogP contribution is 2.09. The topological polar surface area (TPSA) is 93.4 Å². The van der Waals surface area contributed by atoms with Crippen molar-refractivity contribution >= 4 is 5.95 Å². The Morgan fingerprint density at radius 2 is 2.20 bits per heavy atom. The predicted octanol–water partition coefficient (Wildman–Crippen LogP) is 0.175. The van der Waals surface area contributed by atoms with E-state index in [1.807, 2.05) is 18.2 Å². The van der Waals surface area contributed by atoms with Crippen LogP contribution in [0.15, 0.2) is 24.3 Å². The lowest BCUT2D eigenvalue weighted by Crippen LogP contribution is -2.07. The zero-order chi connectivity index (χ0) is 10.7. The summed E-state index contributed by atoms with van der Waals surface area (Å²) >= 11 is 0. The van der Waals surface area contributed by atoms with Gasteiger partial charge in [-0.2, -0.15) is 5.26 Å². The molecule has 6 nitrogen and oxygen atoms in total. The number of nitrogens with two attached hydrogens (primary N) is 1. The summed E-state index contributed by atoms with van der Waals surface area (Å²) < 4.78 is 1.44. The Morgan fingerprint density at radius 3 is 2.87 bits per heavy atom. The summed E-state index contributed by atoms with van der Waals surface area (Å²) in [6, 6.07) is 9.37. The van der Waals surface area contributed by atoms with E-state index in [0.29, 0.717) is 12.1 Å². The molecule has 0 bridgehead atoms. The number of benzene rings is 1. The van der Waals surface area contributed by atoms with Crippen molar-refractivity contribution < 1.29 is 0 Å². The van der Waals surface area contributed by atoms with Crippen LogP contribution in [0.3, 0.4) is 0 Å². The number of hydrogen-bond donors (Lipinski definition) is 1. The van der Waals surface area contributed by atoms with E-state index in [0.717, 1.165) is 5.56 Å². The van der Waals surface area contributed by atoms with Gasteiger partial charge in [0.15, 0.2) is 0 Å². The molecule has 0 fully saturated rings. The molecule has 0 saturated carbocycles. The van der Waals surface area contributed by atoms with Crippen LogP contribution in [0.1, 0.15) is 11.1 Å². The molecular weight excluding hydrogens is 192 g/mol. The molecule has 1 heterocycles. The average molecular weight is 200 g/mol. The zero-order valence-corrected chi connectivity index (χ0v) is 7.83. The van der Waals surface area contributed by atoms with Crippen LogP contribution in [-0.2, 0) is 6.54 Å². The first-order valence-electron chi connectivity index (χ1n) is 4.31. The van der Waals surface area contributed by atoms with E-state index in [1.165, 1.54) is 4.68 Å². The Hall–Kier alpha value is -2.42. The van der Waals surface area contributed by atoms with Crippen LogP contribution in [0.5, 0.6) is 0 Å². The molecule has 15 heavy (non-hydrogen) atoms. The maximum Gasteiger partial charge on any atom is 0.240 e. The number of tetrazole rings is 1. The van der Waals surface area contributed by atoms with E-state index < -0.39 is 0 Å². The molecule has 2 N–H and O–H groups in total. The van der Waals surface area contributed by atoms with E-state index in [-0.39, 0.29) is 5.95 Å². The van der Waals surface area contributed by atoms with Gasteiger partial charge in [0, 0.05) is 0 Å². The van der Waals surface area contributed by atoms with Gasteiger partial charge in [0.2, 0.25) is 5.95 Å². The Kier molecular flexibility index (Phi) is 2.29. The first kappa shape index (κ1) is 9.15. The van der Waals surface area contributed by atoms with E-state index in [4.69, 9.17) is 11.0 Å². The van der Waals surface area contributed by atoms with Gasteiger partial charge in [-0.15, -0.1) is 0 Å². The maximum absolute atomic E-state index is 8.87. The molecular formula is C9H8N6. The van der Waals surface area contributed by atoms with Crippen molar-refractivity contribution in [3.63, 3.8) is 0 Å². The quantitative estimate of drug-likeness (QED) is 0.746. The zero-order valence-electron chi connectivity index (χ0n) is 7.83. The first-order chi connectivity index (χ1) is 7.31. The second kappa shape index (κ2) is 3.75. The number of nitriles is 1. The fraction of sp³-hybridized carbons (Fsp3) is 0.111. The molecule has 0 aliphatic heterocycles. The van der Waals surface area contributed by atoms with Crippen LogP contribution in [0.4, 0.5) is 5.95 Å². The molecule has 0 amide bonds. The van der Waals surface area contributed by atoms with Crippen molar-refractivity contribution in [3.8, 4) is 6.07 Å². The van der Waals surface area contributed by atoms with Crippen LogP contribution in [0.25, 0.3) is 0 Å². The number of anilines is 1. The lowest BCUT2D eigenvalue weighted by Gasteiger charge is -2.03. The van der Waals surface area contributed by atoms with Crippen molar-refractivity contribution in [2.75, 3.05) is 5.73 Å². The molecule has 1 aromatic heterocycles. The second-order valence-electron chi connectivity index (χ2n) is 2.96. The number of hydrogen-bond acceptors (Lipinski definition) is 5. The molecule has 0 aliphatic carbocycles. The standard InChI is InChI=1S/C9H8N6/c10-5-7-3-1-2-4-8(7)6-15-9(11)12-13-14-15/h1-4H,6H2,(H2,11,12,14). The minimum Gasteiger partial charge on any atom is -0.367 e. The van der Waals surface area contributed by atoms with Crippen LogP contribution >= 0.6 is 0 Å². The predicted molar refractivity (Wildman–Crippen MR) is 52.5 cm³/mol. The smallest absolute Gasteiger partial charge is 0.240 e. The minimum absolute atomic E-state index is 0.239. The van der Waals surface area contributed by atoms with Crippen molar-refractivity contribution in [2.24, 2.45) is 0 Å². The summed E-state index contributed by atoms with van der Waals surface area (Å²) in [5, 5.41) is 19.6. The van der Waals surface area contributed by atoms with Gasteiger partial charge in [-0.05, 0) is 22.1 Å². The summed E-state index contributed by atoms with van der Waals surface area (Å²) in [4.78, 5) is 0. The van der Waals surface area contributed by atoms with Gasteiger partial charge in [-0.25, -0.2) is 4.68 Å². The van der Waals surface area contributed by atoms with Crippen LogP contribution in [0, 0.1) is 11.3 Å². The molecule has 0 radical (unpaired) electrons. The largest absolute Gasteiger partial charge is 0.367 e. The number of nitrogens with zero attached hydrogens (tertiary/aromatic N) is 5. The summed E-state index contributed by atoms with van der Waals surface area (Å²) in [5.41, 5.74) is 6.97. The molecule has 0 spiro atoms. The fourth-order valence-corrected chi connectivity index (χ4v) is 1.25. The minimum atomic E-state index is 0.239. The third-order valence-corrected chi connectivity index (χ3v) is 2.02. The van der Waals surface area contributed by atoms with Gasteiger partial charge in [-0.3, -0.25) is 0 Å². The van der Waals surface area contributed by atoms with Crippen LogP contribution in [-0.4, -0.2) is 20.2 Å². The molecule has 0 unspecified atom stereocenters. The SMILES string of the molecule is N#Cc1ccccc1Cn1nnnc1N. The average Bonchev–Trinajstić information content (AvgIpc) is 2.65. The Labute approximate surface area is 85.9 Å².